The van der Waals surface area contributed by atoms with Crippen molar-refractivity contribution < 1.29 is 9.53 Å². The fourth-order valence-corrected chi connectivity index (χ4v) is 2.47. The molecule has 21 heavy (non-hydrogen) atoms. The topological polar surface area (TPSA) is 41.6 Å². The van der Waals surface area contributed by atoms with E-state index in [1.54, 1.807) is 0 Å². The summed E-state index contributed by atoms with van der Waals surface area (Å²) in [5.74, 6) is 0.171. The van der Waals surface area contributed by atoms with Gasteiger partial charge in [-0.25, -0.2) is 0 Å². The van der Waals surface area contributed by atoms with E-state index in [2.05, 4.69) is 17.1 Å². The van der Waals surface area contributed by atoms with Crippen LogP contribution in [0.2, 0.25) is 0 Å². The van der Waals surface area contributed by atoms with Crippen LogP contribution >= 0.6 is 0 Å². The fourth-order valence-electron chi connectivity index (χ4n) is 2.47. The van der Waals surface area contributed by atoms with Crippen molar-refractivity contribution in [2.45, 2.75) is 20.3 Å². The highest BCUT2D eigenvalue weighted by Crippen LogP contribution is 2.10. The molecule has 1 fully saturated rings. The van der Waals surface area contributed by atoms with Gasteiger partial charge in [0, 0.05) is 18.7 Å². The molecule has 0 radical (unpaired) electrons. The largest absolute Gasteiger partial charge is 0.379 e. The van der Waals surface area contributed by atoms with Crippen LogP contribution in [0.5, 0.6) is 0 Å². The Bertz CT molecular complexity index is 468. The smallest absolute Gasteiger partial charge is 0.176 e. The van der Waals surface area contributed by atoms with Crippen LogP contribution in [0.15, 0.2) is 18.2 Å². The van der Waals surface area contributed by atoms with Gasteiger partial charge in [-0.05, 0) is 50.6 Å². The summed E-state index contributed by atoms with van der Waals surface area (Å²) in [4.78, 5) is 14.5. The summed E-state index contributed by atoms with van der Waals surface area (Å²) in [6.45, 7) is 10.2. The molecule has 0 spiro atoms. The minimum Gasteiger partial charge on any atom is -0.379 e. The number of nitrogens with zero attached hydrogens (tertiary/aromatic N) is 1. The molecule has 1 aliphatic rings. The van der Waals surface area contributed by atoms with Crippen LogP contribution in [-0.2, 0) is 4.74 Å². The van der Waals surface area contributed by atoms with Gasteiger partial charge in [-0.2, -0.15) is 0 Å². The number of ether oxygens (including phenoxy) is 1. The van der Waals surface area contributed by atoms with Crippen molar-refractivity contribution in [3.63, 3.8) is 0 Å². The predicted molar refractivity (Wildman–Crippen MR) is 85.0 cm³/mol. The van der Waals surface area contributed by atoms with Gasteiger partial charge in [-0.1, -0.05) is 12.1 Å². The molecule has 1 aliphatic heterocycles. The standard InChI is InChI=1S/C17H26N2O2/c1-14-4-5-16(12-15(14)2)17(20)13-18-6-3-7-19-8-10-21-11-9-19/h4-5,12,18H,3,6-11,13H2,1-2H3. The van der Waals surface area contributed by atoms with Crippen molar-refractivity contribution in [3.8, 4) is 0 Å². The maximum absolute atomic E-state index is 12.1. The lowest BCUT2D eigenvalue weighted by Gasteiger charge is -2.26. The molecule has 0 amide bonds. The number of benzene rings is 1. The lowest BCUT2D eigenvalue weighted by atomic mass is 10.0. The number of aryl methyl sites for hydroxylation is 2. The number of rotatable bonds is 7. The molecule has 1 N–H and O–H groups in total. The van der Waals surface area contributed by atoms with Crippen LogP contribution < -0.4 is 5.32 Å². The maximum atomic E-state index is 12.1. The summed E-state index contributed by atoms with van der Waals surface area (Å²) in [6.07, 6.45) is 1.07. The van der Waals surface area contributed by atoms with E-state index in [1.807, 2.05) is 25.1 Å². The van der Waals surface area contributed by atoms with Crippen molar-refractivity contribution in [3.05, 3.63) is 34.9 Å². The van der Waals surface area contributed by atoms with Gasteiger partial charge in [0.2, 0.25) is 0 Å². The Balaban J connectivity index is 1.63. The summed E-state index contributed by atoms with van der Waals surface area (Å²) in [7, 11) is 0. The minimum absolute atomic E-state index is 0.171. The van der Waals surface area contributed by atoms with Crippen molar-refractivity contribution >= 4 is 5.78 Å². The number of Topliss-reactive ketones (excluding diaryl/α,β-unsaturated/α-hetero) is 1. The molecule has 0 unspecified atom stereocenters. The zero-order chi connectivity index (χ0) is 15.1. The molecule has 1 aromatic carbocycles. The first-order valence-electron chi connectivity index (χ1n) is 7.78. The Hall–Kier alpha value is -1.23. The highest BCUT2D eigenvalue weighted by Gasteiger charge is 2.10. The Morgan fingerprint density at radius 3 is 2.71 bits per heavy atom. The van der Waals surface area contributed by atoms with E-state index in [0.29, 0.717) is 6.54 Å². The number of carbonyl (C=O) groups is 1. The maximum Gasteiger partial charge on any atom is 0.176 e. The summed E-state index contributed by atoms with van der Waals surface area (Å²) >= 11 is 0. The van der Waals surface area contributed by atoms with Crippen LogP contribution in [0, 0.1) is 13.8 Å². The summed E-state index contributed by atoms with van der Waals surface area (Å²) < 4.78 is 5.32. The first kappa shape index (κ1) is 16.1. The van der Waals surface area contributed by atoms with Crippen molar-refractivity contribution in [2.24, 2.45) is 0 Å². The Morgan fingerprint density at radius 1 is 1.24 bits per heavy atom. The molecule has 0 saturated carbocycles. The highest BCUT2D eigenvalue weighted by atomic mass is 16.5. The molecule has 116 valence electrons. The van der Waals surface area contributed by atoms with Crippen LogP contribution in [0.25, 0.3) is 0 Å². The number of hydrogen-bond donors (Lipinski definition) is 1. The van der Waals surface area contributed by atoms with Gasteiger partial charge < -0.3 is 10.1 Å². The van der Waals surface area contributed by atoms with E-state index in [-0.39, 0.29) is 5.78 Å². The third kappa shape index (κ3) is 5.23. The minimum atomic E-state index is 0.171. The molecule has 4 heteroatoms. The number of ketones is 1. The second kappa shape index (κ2) is 8.27. The molecule has 0 atom stereocenters. The molecular formula is C17H26N2O2. The lowest BCUT2D eigenvalue weighted by molar-refractivity contribution is 0.0375. The van der Waals surface area contributed by atoms with Gasteiger partial charge in [-0.15, -0.1) is 0 Å². The van der Waals surface area contributed by atoms with Crippen LogP contribution in [0.4, 0.5) is 0 Å². The van der Waals surface area contributed by atoms with E-state index in [0.717, 1.165) is 51.4 Å². The predicted octanol–water partition coefficient (Wildman–Crippen LogP) is 1.80. The molecule has 0 aliphatic carbocycles. The Kier molecular flexibility index (Phi) is 6.36. The highest BCUT2D eigenvalue weighted by molar-refractivity contribution is 5.97. The quantitative estimate of drug-likeness (QED) is 0.614. The number of morpholine rings is 1. The second-order valence-corrected chi connectivity index (χ2v) is 5.71. The summed E-state index contributed by atoms with van der Waals surface area (Å²) in [5.41, 5.74) is 3.21. The first-order valence-corrected chi connectivity index (χ1v) is 7.78. The van der Waals surface area contributed by atoms with Crippen molar-refractivity contribution in [2.75, 3.05) is 45.9 Å². The van der Waals surface area contributed by atoms with Crippen LogP contribution in [0.1, 0.15) is 27.9 Å². The third-order valence-electron chi connectivity index (χ3n) is 4.05. The molecular weight excluding hydrogens is 264 g/mol. The lowest BCUT2D eigenvalue weighted by Crippen LogP contribution is -2.38. The van der Waals surface area contributed by atoms with E-state index in [9.17, 15) is 4.79 Å². The average Bonchev–Trinajstić information content (AvgIpc) is 2.50. The first-order chi connectivity index (χ1) is 10.2. The van der Waals surface area contributed by atoms with E-state index in [4.69, 9.17) is 4.74 Å². The summed E-state index contributed by atoms with van der Waals surface area (Å²) in [5, 5.41) is 3.25. The van der Waals surface area contributed by atoms with Gasteiger partial charge in [0.05, 0.1) is 19.8 Å². The van der Waals surface area contributed by atoms with Gasteiger partial charge in [0.15, 0.2) is 5.78 Å². The average molecular weight is 290 g/mol. The third-order valence-corrected chi connectivity index (χ3v) is 4.05. The van der Waals surface area contributed by atoms with Crippen LogP contribution in [-0.4, -0.2) is 56.6 Å². The van der Waals surface area contributed by atoms with Gasteiger partial charge in [0.25, 0.3) is 0 Å². The van der Waals surface area contributed by atoms with Gasteiger partial charge in [0.1, 0.15) is 0 Å². The van der Waals surface area contributed by atoms with Gasteiger partial charge in [-0.3, -0.25) is 9.69 Å². The number of carbonyl (C=O) groups excluding carboxylic acids is 1. The van der Waals surface area contributed by atoms with E-state index < -0.39 is 0 Å². The SMILES string of the molecule is Cc1ccc(C(=O)CNCCCN2CCOCC2)cc1C. The monoisotopic (exact) mass is 290 g/mol. The Morgan fingerprint density at radius 2 is 2.00 bits per heavy atom. The van der Waals surface area contributed by atoms with Crippen molar-refractivity contribution in [1.82, 2.24) is 10.2 Å². The molecule has 0 bridgehead atoms. The van der Waals surface area contributed by atoms with Gasteiger partial charge >= 0.3 is 0 Å². The molecule has 1 saturated heterocycles. The van der Waals surface area contributed by atoms with Crippen molar-refractivity contribution in [1.29, 1.82) is 0 Å². The molecule has 0 aromatic heterocycles. The zero-order valence-corrected chi connectivity index (χ0v) is 13.2. The fraction of sp³-hybridized carbons (Fsp3) is 0.588. The van der Waals surface area contributed by atoms with Crippen LogP contribution in [0.3, 0.4) is 0 Å². The number of nitrogens with one attached hydrogen (secondary N) is 1. The normalized spacial score (nSPS) is 16.1. The second-order valence-electron chi connectivity index (χ2n) is 5.71. The molecule has 2 rings (SSSR count). The molecule has 4 nitrogen and oxygen atoms in total. The zero-order valence-electron chi connectivity index (χ0n) is 13.2. The molecule has 1 heterocycles. The Labute approximate surface area is 127 Å². The molecule has 1 aromatic rings. The van der Waals surface area contributed by atoms with E-state index >= 15 is 0 Å². The van der Waals surface area contributed by atoms with E-state index in [1.165, 1.54) is 11.1 Å². The summed E-state index contributed by atoms with van der Waals surface area (Å²) in [6, 6.07) is 5.91. The number of hydrogen-bond acceptors (Lipinski definition) is 4.